The van der Waals surface area contributed by atoms with Crippen LogP contribution in [-0.4, -0.2) is 14.8 Å². The highest BCUT2D eigenvalue weighted by molar-refractivity contribution is 5.76. The number of benzene rings is 1. The Balaban J connectivity index is 1.67. The third kappa shape index (κ3) is 2.03. The molecular formula is C15H16N4O2. The molecule has 1 aromatic carbocycles. The van der Waals surface area contributed by atoms with Crippen LogP contribution in [0.15, 0.2) is 33.6 Å². The molecule has 0 saturated carbocycles. The number of nitrogens with one attached hydrogen (secondary N) is 2. The summed E-state index contributed by atoms with van der Waals surface area (Å²) in [6.07, 6.45) is 5.26. The largest absolute Gasteiger partial charge is 0.417 e. The summed E-state index contributed by atoms with van der Waals surface area (Å²) in [4.78, 5) is 13.9. The van der Waals surface area contributed by atoms with Gasteiger partial charge < -0.3 is 9.73 Å². The van der Waals surface area contributed by atoms with Gasteiger partial charge >= 0.3 is 5.76 Å². The van der Waals surface area contributed by atoms with E-state index >= 15 is 0 Å². The SMILES string of the molecule is Cn1ncc2c1CCCC2Nc1ccc2oc(=O)[nH]c2c1. The second-order valence-electron chi connectivity index (χ2n) is 5.48. The molecule has 1 aliphatic carbocycles. The topological polar surface area (TPSA) is 75.8 Å². The number of anilines is 1. The summed E-state index contributed by atoms with van der Waals surface area (Å²) in [5, 5.41) is 7.89. The van der Waals surface area contributed by atoms with E-state index in [1.807, 2.05) is 36.1 Å². The monoisotopic (exact) mass is 284 g/mol. The summed E-state index contributed by atoms with van der Waals surface area (Å²) in [6.45, 7) is 0. The summed E-state index contributed by atoms with van der Waals surface area (Å²) in [6, 6.07) is 5.91. The quantitative estimate of drug-likeness (QED) is 0.757. The van der Waals surface area contributed by atoms with Crippen molar-refractivity contribution in [2.24, 2.45) is 7.05 Å². The van der Waals surface area contributed by atoms with Gasteiger partial charge in [-0.05, 0) is 37.5 Å². The Hall–Kier alpha value is -2.50. The highest BCUT2D eigenvalue weighted by atomic mass is 16.4. The first-order valence-electron chi connectivity index (χ1n) is 7.11. The van der Waals surface area contributed by atoms with Crippen molar-refractivity contribution in [1.82, 2.24) is 14.8 Å². The van der Waals surface area contributed by atoms with E-state index in [2.05, 4.69) is 15.4 Å². The van der Waals surface area contributed by atoms with Crippen LogP contribution in [-0.2, 0) is 13.5 Å². The average molecular weight is 284 g/mol. The Morgan fingerprint density at radius 2 is 2.38 bits per heavy atom. The molecule has 0 saturated heterocycles. The third-order valence-electron chi connectivity index (χ3n) is 4.14. The smallest absolute Gasteiger partial charge is 0.408 e. The van der Waals surface area contributed by atoms with E-state index in [-0.39, 0.29) is 6.04 Å². The van der Waals surface area contributed by atoms with Crippen molar-refractivity contribution in [2.75, 3.05) is 5.32 Å². The van der Waals surface area contributed by atoms with Crippen molar-refractivity contribution in [3.8, 4) is 0 Å². The van der Waals surface area contributed by atoms with Gasteiger partial charge in [-0.1, -0.05) is 0 Å². The van der Waals surface area contributed by atoms with Gasteiger partial charge in [0.15, 0.2) is 5.58 Å². The van der Waals surface area contributed by atoms with E-state index in [4.69, 9.17) is 4.42 Å². The Kier molecular flexibility index (Phi) is 2.63. The fourth-order valence-electron chi connectivity index (χ4n) is 3.10. The van der Waals surface area contributed by atoms with E-state index in [0.29, 0.717) is 11.1 Å². The Bertz CT molecular complexity index is 858. The van der Waals surface area contributed by atoms with Gasteiger partial charge in [0.1, 0.15) is 0 Å². The van der Waals surface area contributed by atoms with Gasteiger partial charge in [-0.3, -0.25) is 9.67 Å². The predicted octanol–water partition coefficient (Wildman–Crippen LogP) is 2.34. The van der Waals surface area contributed by atoms with E-state index in [9.17, 15) is 4.79 Å². The molecule has 0 spiro atoms. The number of aromatic amines is 1. The number of hydrogen-bond acceptors (Lipinski definition) is 4. The minimum absolute atomic E-state index is 0.263. The maximum atomic E-state index is 11.2. The van der Waals surface area contributed by atoms with Crippen molar-refractivity contribution in [3.05, 3.63) is 46.2 Å². The molecule has 0 fully saturated rings. The van der Waals surface area contributed by atoms with Crippen LogP contribution in [0.25, 0.3) is 11.1 Å². The molecule has 6 heteroatoms. The van der Waals surface area contributed by atoms with Gasteiger partial charge in [-0.15, -0.1) is 0 Å². The van der Waals surface area contributed by atoms with E-state index in [0.717, 1.165) is 24.9 Å². The number of aromatic nitrogens is 3. The molecule has 1 atom stereocenters. The van der Waals surface area contributed by atoms with Gasteiger partial charge in [0.2, 0.25) is 0 Å². The average Bonchev–Trinajstić information content (AvgIpc) is 3.02. The summed E-state index contributed by atoms with van der Waals surface area (Å²) < 4.78 is 6.98. The lowest BCUT2D eigenvalue weighted by Gasteiger charge is -2.24. The molecule has 2 aromatic heterocycles. The van der Waals surface area contributed by atoms with Crippen LogP contribution < -0.4 is 11.1 Å². The van der Waals surface area contributed by atoms with Crippen LogP contribution >= 0.6 is 0 Å². The Morgan fingerprint density at radius 3 is 3.29 bits per heavy atom. The van der Waals surface area contributed by atoms with Crippen molar-refractivity contribution >= 4 is 16.8 Å². The summed E-state index contributed by atoms with van der Waals surface area (Å²) >= 11 is 0. The Labute approximate surface area is 120 Å². The van der Waals surface area contributed by atoms with Gasteiger partial charge in [0, 0.05) is 24.0 Å². The third-order valence-corrected chi connectivity index (χ3v) is 4.14. The fourth-order valence-corrected chi connectivity index (χ4v) is 3.10. The maximum absolute atomic E-state index is 11.2. The molecule has 0 aliphatic heterocycles. The highest BCUT2D eigenvalue weighted by Gasteiger charge is 2.23. The molecule has 0 amide bonds. The van der Waals surface area contributed by atoms with Gasteiger partial charge in [-0.2, -0.15) is 5.10 Å². The molecule has 2 N–H and O–H groups in total. The number of rotatable bonds is 2. The van der Waals surface area contributed by atoms with Gasteiger partial charge in [0.25, 0.3) is 0 Å². The minimum atomic E-state index is -0.422. The van der Waals surface area contributed by atoms with Crippen molar-refractivity contribution in [3.63, 3.8) is 0 Å². The molecule has 0 bridgehead atoms. The standard InChI is InChI=1S/C15H16N4O2/c1-19-13-4-2-3-11(10(13)8-16-19)17-9-5-6-14-12(7-9)18-15(20)21-14/h5-8,11,17H,2-4H2,1H3,(H,18,20). The fraction of sp³-hybridized carbons (Fsp3) is 0.333. The van der Waals surface area contributed by atoms with Crippen molar-refractivity contribution in [2.45, 2.75) is 25.3 Å². The lowest BCUT2D eigenvalue weighted by Crippen LogP contribution is -2.17. The number of fused-ring (bicyclic) bond motifs is 2. The zero-order chi connectivity index (χ0) is 14.4. The lowest BCUT2D eigenvalue weighted by molar-refractivity contribution is 0.555. The number of H-pyrrole nitrogens is 1. The molecule has 1 aliphatic rings. The summed E-state index contributed by atoms with van der Waals surface area (Å²) in [5.74, 6) is -0.422. The van der Waals surface area contributed by atoms with Gasteiger partial charge in [-0.25, -0.2) is 4.79 Å². The van der Waals surface area contributed by atoms with Gasteiger partial charge in [0.05, 0.1) is 17.8 Å². The second-order valence-corrected chi connectivity index (χ2v) is 5.48. The van der Waals surface area contributed by atoms with Crippen LogP contribution in [0, 0.1) is 0 Å². The Morgan fingerprint density at radius 1 is 1.48 bits per heavy atom. The van der Waals surface area contributed by atoms with E-state index in [1.165, 1.54) is 11.3 Å². The molecule has 0 radical (unpaired) electrons. The number of aryl methyl sites for hydroxylation is 1. The summed E-state index contributed by atoms with van der Waals surface area (Å²) in [7, 11) is 1.99. The van der Waals surface area contributed by atoms with Crippen molar-refractivity contribution < 1.29 is 4.42 Å². The van der Waals surface area contributed by atoms with Crippen LogP contribution in [0.3, 0.4) is 0 Å². The number of nitrogens with zero attached hydrogens (tertiary/aromatic N) is 2. The zero-order valence-corrected chi connectivity index (χ0v) is 11.7. The second kappa shape index (κ2) is 4.51. The van der Waals surface area contributed by atoms with E-state index < -0.39 is 5.76 Å². The first kappa shape index (κ1) is 12.3. The number of hydrogen-bond donors (Lipinski definition) is 2. The predicted molar refractivity (Wildman–Crippen MR) is 79.3 cm³/mol. The molecule has 3 aromatic rings. The molecule has 1 unspecified atom stereocenters. The molecular weight excluding hydrogens is 268 g/mol. The van der Waals surface area contributed by atoms with Crippen LogP contribution in [0.2, 0.25) is 0 Å². The summed E-state index contributed by atoms with van der Waals surface area (Å²) in [5.41, 5.74) is 4.84. The van der Waals surface area contributed by atoms with Crippen molar-refractivity contribution in [1.29, 1.82) is 0 Å². The van der Waals surface area contributed by atoms with E-state index in [1.54, 1.807) is 0 Å². The first-order valence-corrected chi connectivity index (χ1v) is 7.11. The molecule has 4 rings (SSSR count). The minimum Gasteiger partial charge on any atom is -0.408 e. The molecule has 108 valence electrons. The molecule has 21 heavy (non-hydrogen) atoms. The van der Waals surface area contributed by atoms with Crippen LogP contribution in [0.5, 0.6) is 0 Å². The molecule has 6 nitrogen and oxygen atoms in total. The lowest BCUT2D eigenvalue weighted by atomic mass is 9.93. The number of oxazole rings is 1. The normalized spacial score (nSPS) is 17.9. The first-order chi connectivity index (χ1) is 10.2. The van der Waals surface area contributed by atoms with Crippen LogP contribution in [0.4, 0.5) is 5.69 Å². The molecule has 2 heterocycles. The maximum Gasteiger partial charge on any atom is 0.417 e. The van der Waals surface area contributed by atoms with Crippen LogP contribution in [0.1, 0.15) is 30.1 Å². The zero-order valence-electron chi connectivity index (χ0n) is 11.7. The highest BCUT2D eigenvalue weighted by Crippen LogP contribution is 2.32.